The molecule has 0 bridgehead atoms. The molecule has 2 aromatic rings. The van der Waals surface area contributed by atoms with Crippen molar-refractivity contribution in [2.75, 3.05) is 5.32 Å². The summed E-state index contributed by atoms with van der Waals surface area (Å²) in [5.74, 6) is -0.519. The second-order valence-electron chi connectivity index (χ2n) is 4.43. The van der Waals surface area contributed by atoms with Gasteiger partial charge in [-0.05, 0) is 17.7 Å². The number of carbonyl (C=O) groups excluding carboxylic acids is 1. The fourth-order valence-electron chi connectivity index (χ4n) is 2.30. The number of aromatic nitrogens is 2. The lowest BCUT2D eigenvalue weighted by Crippen LogP contribution is -2.22. The zero-order valence-electron chi connectivity index (χ0n) is 9.88. The third-order valence-corrected chi connectivity index (χ3v) is 3.26. The summed E-state index contributed by atoms with van der Waals surface area (Å²) in [7, 11) is 0. The van der Waals surface area contributed by atoms with Crippen LogP contribution in [-0.4, -0.2) is 27.2 Å². The highest BCUT2D eigenvalue weighted by atomic mass is 16.4. The van der Waals surface area contributed by atoms with Crippen molar-refractivity contribution in [1.29, 1.82) is 0 Å². The van der Waals surface area contributed by atoms with Crippen LogP contribution >= 0.6 is 0 Å². The van der Waals surface area contributed by atoms with Gasteiger partial charge in [0.15, 0.2) is 0 Å². The number of rotatable bonds is 2. The van der Waals surface area contributed by atoms with Gasteiger partial charge in [-0.2, -0.15) is 5.10 Å². The maximum atomic E-state index is 11.6. The SMILES string of the molecule is O=C1C[C@@H](c2ccc(C(=O)O)cc2)c2cn[nH]c2N1. The van der Waals surface area contributed by atoms with Gasteiger partial charge in [-0.3, -0.25) is 9.89 Å². The first kappa shape index (κ1) is 11.5. The van der Waals surface area contributed by atoms with Crippen LogP contribution in [0, 0.1) is 0 Å². The maximum absolute atomic E-state index is 11.6. The molecule has 1 aromatic carbocycles. The summed E-state index contributed by atoms with van der Waals surface area (Å²) in [4.78, 5) is 22.4. The summed E-state index contributed by atoms with van der Waals surface area (Å²) in [5.41, 5.74) is 2.06. The number of carboxylic acid groups (broad SMARTS) is 1. The van der Waals surface area contributed by atoms with E-state index in [0.717, 1.165) is 11.1 Å². The molecule has 1 aromatic heterocycles. The molecular weight excluding hydrogens is 246 g/mol. The Morgan fingerprint density at radius 1 is 1.32 bits per heavy atom. The van der Waals surface area contributed by atoms with Crippen LogP contribution in [0.3, 0.4) is 0 Å². The minimum atomic E-state index is -0.961. The Bertz CT molecular complexity index is 645. The molecule has 6 nitrogen and oxygen atoms in total. The van der Waals surface area contributed by atoms with Crippen molar-refractivity contribution in [3.05, 3.63) is 47.2 Å². The van der Waals surface area contributed by atoms with Crippen molar-refractivity contribution in [1.82, 2.24) is 10.2 Å². The Hall–Kier alpha value is -2.63. The Morgan fingerprint density at radius 3 is 2.74 bits per heavy atom. The predicted octanol–water partition coefficient (Wildman–Crippen LogP) is 1.58. The molecule has 6 heteroatoms. The standard InChI is InChI=1S/C13H11N3O3/c17-11-5-9(10-6-14-16-12(10)15-11)7-1-3-8(4-2-7)13(18)19/h1-4,6,9H,5H2,(H,18,19)(H2,14,15,16,17)/t9-/m0/s1. The lowest BCUT2D eigenvalue weighted by molar-refractivity contribution is -0.116. The van der Waals surface area contributed by atoms with Crippen LogP contribution in [0.5, 0.6) is 0 Å². The van der Waals surface area contributed by atoms with E-state index in [-0.39, 0.29) is 17.4 Å². The zero-order chi connectivity index (χ0) is 13.4. The smallest absolute Gasteiger partial charge is 0.335 e. The molecule has 0 saturated carbocycles. The van der Waals surface area contributed by atoms with Crippen LogP contribution < -0.4 is 5.32 Å². The van der Waals surface area contributed by atoms with Crippen molar-refractivity contribution in [3.8, 4) is 0 Å². The van der Waals surface area contributed by atoms with Crippen molar-refractivity contribution in [2.24, 2.45) is 0 Å². The highest BCUT2D eigenvalue weighted by Crippen LogP contribution is 2.35. The molecule has 2 heterocycles. The van der Waals surface area contributed by atoms with Crippen LogP contribution in [0.15, 0.2) is 30.5 Å². The lowest BCUT2D eigenvalue weighted by atomic mass is 9.87. The first-order chi connectivity index (χ1) is 9.15. The highest BCUT2D eigenvalue weighted by Gasteiger charge is 2.27. The molecule has 1 atom stereocenters. The number of nitrogens with one attached hydrogen (secondary N) is 2. The third kappa shape index (κ3) is 1.97. The first-order valence-corrected chi connectivity index (χ1v) is 5.81. The number of nitrogens with zero attached hydrogens (tertiary/aromatic N) is 1. The molecule has 19 heavy (non-hydrogen) atoms. The van der Waals surface area contributed by atoms with E-state index in [9.17, 15) is 9.59 Å². The van der Waals surface area contributed by atoms with Crippen LogP contribution in [0.2, 0.25) is 0 Å². The summed E-state index contributed by atoms with van der Waals surface area (Å²) in [6.07, 6.45) is 2.02. The number of hydrogen-bond donors (Lipinski definition) is 3. The van der Waals surface area contributed by atoms with Gasteiger partial charge < -0.3 is 10.4 Å². The quantitative estimate of drug-likeness (QED) is 0.761. The zero-order valence-corrected chi connectivity index (χ0v) is 9.88. The molecule has 1 aliphatic heterocycles. The van der Waals surface area contributed by atoms with E-state index < -0.39 is 5.97 Å². The van der Waals surface area contributed by atoms with Crippen molar-refractivity contribution in [2.45, 2.75) is 12.3 Å². The molecule has 0 aliphatic carbocycles. The van der Waals surface area contributed by atoms with E-state index in [1.165, 1.54) is 0 Å². The Balaban J connectivity index is 1.99. The number of anilines is 1. The van der Waals surface area contributed by atoms with Crippen molar-refractivity contribution in [3.63, 3.8) is 0 Å². The summed E-state index contributed by atoms with van der Waals surface area (Å²) in [5, 5.41) is 18.3. The van der Waals surface area contributed by atoms with Gasteiger partial charge in [0.05, 0.1) is 11.8 Å². The first-order valence-electron chi connectivity index (χ1n) is 5.81. The lowest BCUT2D eigenvalue weighted by Gasteiger charge is -2.22. The van der Waals surface area contributed by atoms with Crippen molar-refractivity contribution < 1.29 is 14.7 Å². The fourth-order valence-corrected chi connectivity index (χ4v) is 2.30. The fraction of sp³-hybridized carbons (Fsp3) is 0.154. The molecule has 1 amide bonds. The number of amides is 1. The van der Waals surface area contributed by atoms with Crippen LogP contribution in [0.4, 0.5) is 5.82 Å². The van der Waals surface area contributed by atoms with Crippen molar-refractivity contribution >= 4 is 17.7 Å². The van der Waals surface area contributed by atoms with E-state index in [1.807, 2.05) is 0 Å². The monoisotopic (exact) mass is 257 g/mol. The van der Waals surface area contributed by atoms with Gasteiger partial charge in [0, 0.05) is 17.9 Å². The number of benzene rings is 1. The summed E-state index contributed by atoms with van der Waals surface area (Å²) >= 11 is 0. The molecule has 1 aliphatic rings. The number of hydrogen-bond acceptors (Lipinski definition) is 3. The van der Waals surface area contributed by atoms with E-state index in [4.69, 9.17) is 5.11 Å². The summed E-state index contributed by atoms with van der Waals surface area (Å²) < 4.78 is 0. The van der Waals surface area contributed by atoms with Gasteiger partial charge in [0.25, 0.3) is 0 Å². The van der Waals surface area contributed by atoms with Crippen LogP contribution in [-0.2, 0) is 4.79 Å². The molecule has 3 rings (SSSR count). The number of aromatic carboxylic acids is 1. The minimum Gasteiger partial charge on any atom is -0.478 e. The van der Waals surface area contributed by atoms with Crippen LogP contribution in [0.1, 0.15) is 33.8 Å². The van der Waals surface area contributed by atoms with Gasteiger partial charge in [0.2, 0.25) is 5.91 Å². The number of carbonyl (C=O) groups is 2. The highest BCUT2D eigenvalue weighted by molar-refractivity contribution is 5.94. The van der Waals surface area contributed by atoms with Gasteiger partial charge in [-0.1, -0.05) is 12.1 Å². The number of carboxylic acids is 1. The summed E-state index contributed by atoms with van der Waals surface area (Å²) in [6, 6.07) is 6.57. The topological polar surface area (TPSA) is 95.1 Å². The van der Waals surface area contributed by atoms with E-state index in [0.29, 0.717) is 12.2 Å². The minimum absolute atomic E-state index is 0.0796. The molecule has 3 N–H and O–H groups in total. The van der Waals surface area contributed by atoms with Gasteiger partial charge in [-0.25, -0.2) is 4.79 Å². The Morgan fingerprint density at radius 2 is 2.05 bits per heavy atom. The molecule has 0 fully saturated rings. The number of aromatic amines is 1. The Labute approximate surface area is 108 Å². The van der Waals surface area contributed by atoms with Crippen LogP contribution in [0.25, 0.3) is 0 Å². The average molecular weight is 257 g/mol. The molecule has 0 radical (unpaired) electrons. The largest absolute Gasteiger partial charge is 0.478 e. The molecule has 0 spiro atoms. The average Bonchev–Trinajstić information content (AvgIpc) is 2.85. The van der Waals surface area contributed by atoms with Gasteiger partial charge in [-0.15, -0.1) is 0 Å². The van der Waals surface area contributed by atoms with E-state index in [1.54, 1.807) is 30.5 Å². The molecule has 0 saturated heterocycles. The molecular formula is C13H11N3O3. The molecule has 0 unspecified atom stereocenters. The second kappa shape index (κ2) is 4.24. The number of H-pyrrole nitrogens is 1. The van der Waals surface area contributed by atoms with E-state index in [2.05, 4.69) is 15.5 Å². The van der Waals surface area contributed by atoms with Gasteiger partial charge >= 0.3 is 5.97 Å². The molecule has 96 valence electrons. The Kier molecular flexibility index (Phi) is 2.56. The third-order valence-electron chi connectivity index (χ3n) is 3.26. The second-order valence-corrected chi connectivity index (χ2v) is 4.43. The summed E-state index contributed by atoms with van der Waals surface area (Å²) in [6.45, 7) is 0. The normalized spacial score (nSPS) is 17.7. The maximum Gasteiger partial charge on any atom is 0.335 e. The predicted molar refractivity (Wildman–Crippen MR) is 67.1 cm³/mol. The van der Waals surface area contributed by atoms with Gasteiger partial charge in [0.1, 0.15) is 5.82 Å². The van der Waals surface area contributed by atoms with E-state index >= 15 is 0 Å². The number of fused-ring (bicyclic) bond motifs is 1.